The molecule has 27 heavy (non-hydrogen) atoms. The number of benzene rings is 3. The van der Waals surface area contributed by atoms with Gasteiger partial charge in [-0.1, -0.05) is 54.6 Å². The summed E-state index contributed by atoms with van der Waals surface area (Å²) < 4.78 is 0. The summed E-state index contributed by atoms with van der Waals surface area (Å²) in [7, 11) is 0. The molecule has 1 amide bonds. The number of rotatable bonds is 7. The molecule has 5 nitrogen and oxygen atoms in total. The summed E-state index contributed by atoms with van der Waals surface area (Å²) in [6, 6.07) is 20.4. The molecule has 0 aromatic heterocycles. The van der Waals surface area contributed by atoms with Gasteiger partial charge in [0, 0.05) is 12.1 Å². The number of aliphatic carboxylic acids is 1. The lowest BCUT2D eigenvalue weighted by atomic mass is 10.0. The Kier molecular flexibility index (Phi) is 5.84. The maximum Gasteiger partial charge on any atom is 0.320 e. The van der Waals surface area contributed by atoms with Crippen LogP contribution in [0.2, 0.25) is 0 Å². The van der Waals surface area contributed by atoms with Crippen LogP contribution in [0.3, 0.4) is 0 Å². The van der Waals surface area contributed by atoms with Gasteiger partial charge in [-0.2, -0.15) is 0 Å². The van der Waals surface area contributed by atoms with E-state index in [0.717, 1.165) is 12.0 Å². The molecule has 0 saturated carbocycles. The fraction of sp³-hybridized carbons (Fsp3) is 0.182. The topological polar surface area (TPSA) is 92.4 Å². The van der Waals surface area contributed by atoms with Gasteiger partial charge in [0.1, 0.15) is 6.04 Å². The van der Waals surface area contributed by atoms with Crippen LogP contribution in [0.5, 0.6) is 0 Å². The molecule has 0 heterocycles. The van der Waals surface area contributed by atoms with E-state index in [0.29, 0.717) is 12.1 Å². The highest BCUT2D eigenvalue weighted by atomic mass is 16.4. The first-order valence-electron chi connectivity index (χ1n) is 8.86. The highest BCUT2D eigenvalue weighted by Crippen LogP contribution is 2.15. The van der Waals surface area contributed by atoms with Gasteiger partial charge in [-0.3, -0.25) is 9.59 Å². The van der Waals surface area contributed by atoms with E-state index in [4.69, 9.17) is 10.8 Å². The molecule has 1 unspecified atom stereocenters. The molecule has 138 valence electrons. The van der Waals surface area contributed by atoms with Crippen LogP contribution < -0.4 is 11.1 Å². The van der Waals surface area contributed by atoms with E-state index >= 15 is 0 Å². The zero-order valence-electron chi connectivity index (χ0n) is 14.9. The van der Waals surface area contributed by atoms with E-state index in [1.807, 2.05) is 12.1 Å². The maximum absolute atomic E-state index is 12.3. The SMILES string of the molecule is NC(Cc1ccc(C(=O)NCCc2ccc3ccccc3c2)cc1)C(=O)O. The second kappa shape index (κ2) is 8.47. The molecule has 3 aromatic rings. The minimum absolute atomic E-state index is 0.148. The van der Waals surface area contributed by atoms with Crippen molar-refractivity contribution >= 4 is 22.6 Å². The van der Waals surface area contributed by atoms with Crippen LogP contribution in [0.25, 0.3) is 10.8 Å². The summed E-state index contributed by atoms with van der Waals surface area (Å²) in [6.45, 7) is 0.544. The highest BCUT2D eigenvalue weighted by molar-refractivity contribution is 5.94. The third-order valence-corrected chi connectivity index (χ3v) is 4.50. The van der Waals surface area contributed by atoms with Crippen molar-refractivity contribution in [2.45, 2.75) is 18.9 Å². The monoisotopic (exact) mass is 362 g/mol. The van der Waals surface area contributed by atoms with E-state index in [-0.39, 0.29) is 12.3 Å². The van der Waals surface area contributed by atoms with Crippen molar-refractivity contribution in [3.8, 4) is 0 Å². The van der Waals surface area contributed by atoms with Crippen molar-refractivity contribution in [1.82, 2.24) is 5.32 Å². The first-order valence-corrected chi connectivity index (χ1v) is 8.86. The largest absolute Gasteiger partial charge is 0.480 e. The quantitative estimate of drug-likeness (QED) is 0.603. The molecule has 0 spiro atoms. The van der Waals surface area contributed by atoms with Crippen molar-refractivity contribution in [3.05, 3.63) is 83.4 Å². The molecule has 5 heteroatoms. The molecule has 1 atom stereocenters. The number of carboxylic acids is 1. The van der Waals surface area contributed by atoms with Gasteiger partial charge in [-0.15, -0.1) is 0 Å². The van der Waals surface area contributed by atoms with Crippen molar-refractivity contribution in [2.75, 3.05) is 6.54 Å². The van der Waals surface area contributed by atoms with Gasteiger partial charge in [0.05, 0.1) is 0 Å². The fourth-order valence-electron chi connectivity index (χ4n) is 2.95. The first-order chi connectivity index (χ1) is 13.0. The number of nitrogens with one attached hydrogen (secondary N) is 1. The Balaban J connectivity index is 1.53. The van der Waals surface area contributed by atoms with Gasteiger partial charge in [0.2, 0.25) is 0 Å². The van der Waals surface area contributed by atoms with Crippen molar-refractivity contribution < 1.29 is 14.7 Å². The second-order valence-electron chi connectivity index (χ2n) is 6.53. The van der Waals surface area contributed by atoms with Gasteiger partial charge in [0.25, 0.3) is 5.91 Å². The Bertz CT molecular complexity index is 951. The Morgan fingerprint density at radius 1 is 0.926 bits per heavy atom. The smallest absolute Gasteiger partial charge is 0.320 e. The predicted octanol–water partition coefficient (Wildman–Crippen LogP) is 2.77. The number of carbonyl (C=O) groups excluding carboxylic acids is 1. The van der Waals surface area contributed by atoms with Crippen molar-refractivity contribution in [2.24, 2.45) is 5.73 Å². The lowest BCUT2D eigenvalue weighted by molar-refractivity contribution is -0.138. The van der Waals surface area contributed by atoms with E-state index in [1.54, 1.807) is 24.3 Å². The number of amides is 1. The molecular formula is C22H22N2O3. The molecule has 0 aliphatic heterocycles. The third-order valence-electron chi connectivity index (χ3n) is 4.50. The molecule has 0 radical (unpaired) electrons. The molecular weight excluding hydrogens is 340 g/mol. The minimum atomic E-state index is -1.04. The van der Waals surface area contributed by atoms with Gasteiger partial charge < -0.3 is 16.2 Å². The zero-order chi connectivity index (χ0) is 19.2. The third kappa shape index (κ3) is 4.92. The number of hydrogen-bond donors (Lipinski definition) is 3. The lowest BCUT2D eigenvalue weighted by Gasteiger charge is -2.09. The lowest BCUT2D eigenvalue weighted by Crippen LogP contribution is -2.32. The number of carbonyl (C=O) groups is 2. The molecule has 0 aliphatic carbocycles. The number of nitrogens with two attached hydrogens (primary N) is 1. The van der Waals surface area contributed by atoms with Crippen LogP contribution in [-0.2, 0) is 17.6 Å². The molecule has 0 fully saturated rings. The van der Waals surface area contributed by atoms with Crippen molar-refractivity contribution in [3.63, 3.8) is 0 Å². The maximum atomic E-state index is 12.3. The normalized spacial score (nSPS) is 11.9. The summed E-state index contributed by atoms with van der Waals surface area (Å²) in [5.74, 6) is -1.18. The van der Waals surface area contributed by atoms with Crippen LogP contribution in [0.15, 0.2) is 66.7 Å². The van der Waals surface area contributed by atoms with E-state index in [1.165, 1.54) is 16.3 Å². The second-order valence-corrected chi connectivity index (χ2v) is 6.53. The molecule has 0 aliphatic rings. The van der Waals surface area contributed by atoms with Gasteiger partial charge in [0.15, 0.2) is 0 Å². The Labute approximate surface area is 157 Å². The van der Waals surface area contributed by atoms with Gasteiger partial charge in [-0.25, -0.2) is 0 Å². The van der Waals surface area contributed by atoms with Crippen LogP contribution in [-0.4, -0.2) is 29.6 Å². The summed E-state index contributed by atoms with van der Waals surface area (Å²) in [4.78, 5) is 23.1. The number of carboxylic acid groups (broad SMARTS) is 1. The fourth-order valence-corrected chi connectivity index (χ4v) is 2.95. The average molecular weight is 362 g/mol. The zero-order valence-corrected chi connectivity index (χ0v) is 14.9. The van der Waals surface area contributed by atoms with E-state index in [2.05, 4.69) is 35.6 Å². The molecule has 0 saturated heterocycles. The highest BCUT2D eigenvalue weighted by Gasteiger charge is 2.12. The minimum Gasteiger partial charge on any atom is -0.480 e. The number of fused-ring (bicyclic) bond motifs is 1. The first kappa shape index (κ1) is 18.6. The molecule has 3 aromatic carbocycles. The predicted molar refractivity (Wildman–Crippen MR) is 106 cm³/mol. The summed E-state index contributed by atoms with van der Waals surface area (Å²) >= 11 is 0. The molecule has 4 N–H and O–H groups in total. The Morgan fingerprint density at radius 2 is 1.59 bits per heavy atom. The average Bonchev–Trinajstić information content (AvgIpc) is 2.68. The Morgan fingerprint density at radius 3 is 2.30 bits per heavy atom. The van der Waals surface area contributed by atoms with E-state index < -0.39 is 12.0 Å². The molecule has 0 bridgehead atoms. The standard InChI is InChI=1S/C22H22N2O3/c23-20(22(26)27)14-15-6-9-18(10-7-15)21(25)24-12-11-16-5-8-17-3-1-2-4-19(17)13-16/h1-10,13,20H,11-12,14,23H2,(H,24,25)(H,26,27). The molecule has 3 rings (SSSR count). The van der Waals surface area contributed by atoms with Gasteiger partial charge in [-0.05, 0) is 46.9 Å². The Hall–Kier alpha value is -3.18. The van der Waals surface area contributed by atoms with E-state index in [9.17, 15) is 9.59 Å². The summed E-state index contributed by atoms with van der Waals surface area (Å²) in [5.41, 5.74) is 8.03. The van der Waals surface area contributed by atoms with Gasteiger partial charge >= 0.3 is 5.97 Å². The summed E-state index contributed by atoms with van der Waals surface area (Å²) in [5, 5.41) is 14.2. The van der Waals surface area contributed by atoms with Crippen molar-refractivity contribution in [1.29, 1.82) is 0 Å². The van der Waals surface area contributed by atoms with Crippen LogP contribution >= 0.6 is 0 Å². The number of hydrogen-bond acceptors (Lipinski definition) is 3. The van der Waals surface area contributed by atoms with Crippen LogP contribution in [0.4, 0.5) is 0 Å². The van der Waals surface area contributed by atoms with Crippen LogP contribution in [0, 0.1) is 0 Å². The van der Waals surface area contributed by atoms with Crippen LogP contribution in [0.1, 0.15) is 21.5 Å². The summed E-state index contributed by atoms with van der Waals surface area (Å²) in [6.07, 6.45) is 0.987.